The van der Waals surface area contributed by atoms with Crippen LogP contribution in [0.5, 0.6) is 11.5 Å². The van der Waals surface area contributed by atoms with E-state index in [0.29, 0.717) is 35.9 Å². The van der Waals surface area contributed by atoms with Gasteiger partial charge in [0.1, 0.15) is 11.9 Å². The molecule has 0 saturated carbocycles. The second-order valence-electron chi connectivity index (χ2n) is 4.77. The highest BCUT2D eigenvalue weighted by molar-refractivity contribution is 5.93. The number of hydrogen-bond donors (Lipinski definition) is 1. The van der Waals surface area contributed by atoms with Gasteiger partial charge in [0.25, 0.3) is 5.91 Å². The molecule has 118 valence electrons. The Kier molecular flexibility index (Phi) is 5.41. The van der Waals surface area contributed by atoms with Gasteiger partial charge in [-0.25, -0.2) is 4.98 Å². The Morgan fingerprint density at radius 1 is 1.36 bits per heavy atom. The molecule has 2 aromatic rings. The highest BCUT2D eigenvalue weighted by atomic mass is 16.5. The minimum Gasteiger partial charge on any atom is -0.493 e. The molecular formula is C16H20N2O4. The number of amides is 1. The minimum absolute atomic E-state index is 0.211. The lowest BCUT2D eigenvalue weighted by Gasteiger charge is -2.17. The Labute approximate surface area is 129 Å². The predicted octanol–water partition coefficient (Wildman–Crippen LogP) is 2.44. The van der Waals surface area contributed by atoms with E-state index in [1.807, 2.05) is 38.1 Å². The summed E-state index contributed by atoms with van der Waals surface area (Å²) < 4.78 is 16.2. The summed E-state index contributed by atoms with van der Waals surface area (Å²) in [6.45, 7) is 4.13. The summed E-state index contributed by atoms with van der Waals surface area (Å²) in [7, 11) is 1.59. The van der Waals surface area contributed by atoms with E-state index < -0.39 is 0 Å². The number of nitrogens with one attached hydrogen (secondary N) is 1. The fourth-order valence-electron chi connectivity index (χ4n) is 2.00. The second-order valence-corrected chi connectivity index (χ2v) is 4.77. The van der Waals surface area contributed by atoms with E-state index >= 15 is 0 Å². The van der Waals surface area contributed by atoms with Crippen molar-refractivity contribution in [3.63, 3.8) is 0 Å². The smallest absolute Gasteiger partial charge is 0.273 e. The van der Waals surface area contributed by atoms with E-state index in [1.54, 1.807) is 7.11 Å². The Morgan fingerprint density at radius 2 is 2.09 bits per heavy atom. The molecule has 1 amide bonds. The van der Waals surface area contributed by atoms with Gasteiger partial charge in [0.15, 0.2) is 23.6 Å². The monoisotopic (exact) mass is 304 g/mol. The van der Waals surface area contributed by atoms with Crippen LogP contribution in [0.3, 0.4) is 0 Å². The van der Waals surface area contributed by atoms with Crippen LogP contribution in [-0.2, 0) is 6.42 Å². The van der Waals surface area contributed by atoms with Gasteiger partial charge >= 0.3 is 0 Å². The molecule has 1 atom stereocenters. The van der Waals surface area contributed by atoms with Crippen molar-refractivity contribution in [2.75, 3.05) is 13.7 Å². The van der Waals surface area contributed by atoms with E-state index in [4.69, 9.17) is 13.9 Å². The first-order valence-electron chi connectivity index (χ1n) is 7.16. The van der Waals surface area contributed by atoms with Crippen LogP contribution < -0.4 is 14.8 Å². The molecule has 1 N–H and O–H groups in total. The van der Waals surface area contributed by atoms with Crippen molar-refractivity contribution in [2.45, 2.75) is 26.4 Å². The van der Waals surface area contributed by atoms with E-state index in [2.05, 4.69) is 10.3 Å². The maximum atomic E-state index is 12.1. The number of para-hydroxylation sites is 2. The predicted molar refractivity (Wildman–Crippen MR) is 81.3 cm³/mol. The van der Waals surface area contributed by atoms with Gasteiger partial charge in [-0.3, -0.25) is 4.79 Å². The summed E-state index contributed by atoms with van der Waals surface area (Å²) in [5, 5.41) is 2.79. The number of rotatable bonds is 7. The molecule has 0 aliphatic heterocycles. The molecule has 6 heteroatoms. The van der Waals surface area contributed by atoms with Gasteiger partial charge in [-0.05, 0) is 19.1 Å². The average molecular weight is 304 g/mol. The summed E-state index contributed by atoms with van der Waals surface area (Å²) in [4.78, 5) is 16.0. The van der Waals surface area contributed by atoms with Crippen LogP contribution in [-0.4, -0.2) is 30.6 Å². The largest absolute Gasteiger partial charge is 0.493 e. The number of ether oxygens (including phenoxy) is 2. The van der Waals surface area contributed by atoms with Crippen LogP contribution >= 0.6 is 0 Å². The molecule has 22 heavy (non-hydrogen) atoms. The van der Waals surface area contributed by atoms with Gasteiger partial charge in [0.05, 0.1) is 13.7 Å². The SMILES string of the molecule is CCc1ocnc1C(=O)NCC(C)Oc1ccccc1OC. The molecule has 0 aliphatic carbocycles. The van der Waals surface area contributed by atoms with Crippen LogP contribution in [0.4, 0.5) is 0 Å². The minimum atomic E-state index is -0.263. The third kappa shape index (κ3) is 3.78. The standard InChI is InChI=1S/C16H20N2O4/c1-4-12-15(18-10-21-12)16(19)17-9-11(2)22-14-8-6-5-7-13(14)20-3/h5-8,10-11H,4,9H2,1-3H3,(H,17,19). The molecule has 1 heterocycles. The molecule has 0 fully saturated rings. The summed E-state index contributed by atoms with van der Waals surface area (Å²) in [6.07, 6.45) is 1.69. The number of oxazole rings is 1. The number of aryl methyl sites for hydroxylation is 1. The molecule has 2 rings (SSSR count). The fraction of sp³-hybridized carbons (Fsp3) is 0.375. The summed E-state index contributed by atoms with van der Waals surface area (Å²) in [6, 6.07) is 7.38. The second kappa shape index (κ2) is 7.49. The number of carbonyl (C=O) groups is 1. The van der Waals surface area contributed by atoms with Gasteiger partial charge in [0, 0.05) is 6.42 Å². The Bertz CT molecular complexity index is 624. The van der Waals surface area contributed by atoms with Crippen molar-refractivity contribution in [3.8, 4) is 11.5 Å². The van der Waals surface area contributed by atoms with Crippen molar-refractivity contribution >= 4 is 5.91 Å². The molecular weight excluding hydrogens is 284 g/mol. The molecule has 0 radical (unpaired) electrons. The zero-order chi connectivity index (χ0) is 15.9. The fourth-order valence-corrected chi connectivity index (χ4v) is 2.00. The van der Waals surface area contributed by atoms with Crippen molar-refractivity contribution in [1.82, 2.24) is 10.3 Å². The number of hydrogen-bond acceptors (Lipinski definition) is 5. The van der Waals surface area contributed by atoms with Crippen molar-refractivity contribution < 1.29 is 18.7 Å². The van der Waals surface area contributed by atoms with Gasteiger partial charge in [-0.15, -0.1) is 0 Å². The highest BCUT2D eigenvalue weighted by Gasteiger charge is 2.16. The molecule has 1 aromatic heterocycles. The number of methoxy groups -OCH3 is 1. The van der Waals surface area contributed by atoms with Crippen molar-refractivity contribution in [2.24, 2.45) is 0 Å². The highest BCUT2D eigenvalue weighted by Crippen LogP contribution is 2.26. The number of carbonyl (C=O) groups excluding carboxylic acids is 1. The maximum absolute atomic E-state index is 12.1. The van der Waals surface area contributed by atoms with E-state index in [1.165, 1.54) is 6.39 Å². The van der Waals surface area contributed by atoms with Crippen LogP contribution in [0.25, 0.3) is 0 Å². The molecule has 0 spiro atoms. The first kappa shape index (κ1) is 15.9. The first-order valence-corrected chi connectivity index (χ1v) is 7.16. The zero-order valence-electron chi connectivity index (χ0n) is 13.0. The summed E-state index contributed by atoms with van der Waals surface area (Å²) >= 11 is 0. The number of benzene rings is 1. The van der Waals surface area contributed by atoms with Crippen LogP contribution in [0.2, 0.25) is 0 Å². The normalized spacial score (nSPS) is 11.8. The first-order chi connectivity index (χ1) is 10.7. The van der Waals surface area contributed by atoms with Gasteiger partial charge in [-0.1, -0.05) is 19.1 Å². The van der Waals surface area contributed by atoms with Crippen molar-refractivity contribution in [3.05, 3.63) is 42.1 Å². The van der Waals surface area contributed by atoms with Gasteiger partial charge in [-0.2, -0.15) is 0 Å². The quantitative estimate of drug-likeness (QED) is 0.850. The van der Waals surface area contributed by atoms with E-state index in [9.17, 15) is 4.79 Å². The zero-order valence-corrected chi connectivity index (χ0v) is 13.0. The number of nitrogens with zero attached hydrogens (tertiary/aromatic N) is 1. The molecule has 0 bridgehead atoms. The lowest BCUT2D eigenvalue weighted by atomic mass is 10.2. The van der Waals surface area contributed by atoms with Crippen LogP contribution in [0.1, 0.15) is 30.1 Å². The van der Waals surface area contributed by atoms with Crippen LogP contribution in [0.15, 0.2) is 35.1 Å². The van der Waals surface area contributed by atoms with Gasteiger partial charge in [0.2, 0.25) is 0 Å². The third-order valence-corrected chi connectivity index (χ3v) is 3.12. The molecule has 0 aliphatic rings. The maximum Gasteiger partial charge on any atom is 0.273 e. The summed E-state index contributed by atoms with van der Waals surface area (Å²) in [5.41, 5.74) is 0.326. The van der Waals surface area contributed by atoms with Gasteiger partial charge < -0.3 is 19.2 Å². The Balaban J connectivity index is 1.90. The Morgan fingerprint density at radius 3 is 2.77 bits per heavy atom. The average Bonchev–Trinajstić information content (AvgIpc) is 3.01. The molecule has 6 nitrogen and oxygen atoms in total. The Hall–Kier alpha value is -2.50. The third-order valence-electron chi connectivity index (χ3n) is 3.12. The molecule has 0 saturated heterocycles. The lowest BCUT2D eigenvalue weighted by molar-refractivity contribution is 0.0925. The van der Waals surface area contributed by atoms with E-state index in [0.717, 1.165) is 0 Å². The lowest BCUT2D eigenvalue weighted by Crippen LogP contribution is -2.34. The van der Waals surface area contributed by atoms with Crippen LogP contribution in [0, 0.1) is 0 Å². The summed E-state index contributed by atoms with van der Waals surface area (Å²) in [5.74, 6) is 1.62. The molecule has 1 aromatic carbocycles. The molecule has 1 unspecified atom stereocenters. The topological polar surface area (TPSA) is 73.6 Å². The van der Waals surface area contributed by atoms with Crippen molar-refractivity contribution in [1.29, 1.82) is 0 Å². The number of aromatic nitrogens is 1. The van der Waals surface area contributed by atoms with E-state index in [-0.39, 0.29) is 12.0 Å².